The van der Waals surface area contributed by atoms with Gasteiger partial charge in [0, 0.05) is 17.7 Å². The molecule has 19 heavy (non-hydrogen) atoms. The van der Waals surface area contributed by atoms with Gasteiger partial charge in [-0.25, -0.2) is 4.98 Å². The Morgan fingerprint density at radius 1 is 1.42 bits per heavy atom. The molecule has 0 fully saturated rings. The summed E-state index contributed by atoms with van der Waals surface area (Å²) in [5, 5.41) is 7.38. The van der Waals surface area contributed by atoms with Crippen LogP contribution in [0.2, 0.25) is 0 Å². The smallest absolute Gasteiger partial charge is 0.277 e. The molecular weight excluding hydrogens is 328 g/mol. The van der Waals surface area contributed by atoms with Crippen molar-refractivity contribution in [2.75, 3.05) is 5.32 Å². The Morgan fingerprint density at radius 3 is 2.95 bits per heavy atom. The van der Waals surface area contributed by atoms with Crippen molar-refractivity contribution < 1.29 is 4.79 Å². The molecule has 0 saturated carbocycles. The molecule has 0 bridgehead atoms. The van der Waals surface area contributed by atoms with Gasteiger partial charge in [0.2, 0.25) is 0 Å². The van der Waals surface area contributed by atoms with Gasteiger partial charge in [0.05, 0.1) is 10.2 Å². The Labute approximate surface area is 121 Å². The number of thiazole rings is 1. The highest BCUT2D eigenvalue weighted by Gasteiger charge is 2.12. The number of carbonyl (C=O) groups is 1. The molecule has 1 N–H and O–H groups in total. The summed E-state index contributed by atoms with van der Waals surface area (Å²) in [6.45, 7) is 0. The van der Waals surface area contributed by atoms with Gasteiger partial charge >= 0.3 is 0 Å². The Kier molecular flexibility index (Phi) is 3.08. The molecule has 0 aliphatic rings. The van der Waals surface area contributed by atoms with Crippen LogP contribution in [-0.2, 0) is 7.05 Å². The molecular formula is C12H9BrN4OS. The molecule has 0 unspecified atom stereocenters. The average molecular weight is 337 g/mol. The first kappa shape index (κ1) is 12.3. The SMILES string of the molecule is Cn1ccc(C(=O)Nc2nc3c(Br)cccc3s2)n1. The molecule has 1 amide bonds. The third kappa shape index (κ3) is 2.39. The number of amides is 1. The van der Waals surface area contributed by atoms with E-state index in [1.165, 1.54) is 11.3 Å². The van der Waals surface area contributed by atoms with Crippen LogP contribution in [0.3, 0.4) is 0 Å². The second-order valence-electron chi connectivity index (χ2n) is 3.93. The van der Waals surface area contributed by atoms with Crippen LogP contribution in [0.4, 0.5) is 5.13 Å². The number of aryl methyl sites for hydroxylation is 1. The lowest BCUT2D eigenvalue weighted by atomic mass is 10.3. The second kappa shape index (κ2) is 4.75. The summed E-state index contributed by atoms with van der Waals surface area (Å²) >= 11 is 4.87. The van der Waals surface area contributed by atoms with Gasteiger partial charge < -0.3 is 0 Å². The van der Waals surface area contributed by atoms with E-state index in [0.29, 0.717) is 10.8 Å². The van der Waals surface area contributed by atoms with E-state index in [2.05, 4.69) is 31.3 Å². The number of hydrogen-bond donors (Lipinski definition) is 1. The molecule has 0 aliphatic carbocycles. The summed E-state index contributed by atoms with van der Waals surface area (Å²) in [6.07, 6.45) is 1.73. The standard InChI is InChI=1S/C12H9BrN4OS/c1-17-6-5-8(16-17)11(18)15-12-14-10-7(13)3-2-4-9(10)19-12/h2-6H,1H3,(H,14,15,18). The first-order valence-corrected chi connectivity index (χ1v) is 7.10. The van der Waals surface area contributed by atoms with E-state index in [-0.39, 0.29) is 5.91 Å². The molecule has 3 rings (SSSR count). The van der Waals surface area contributed by atoms with Crippen molar-refractivity contribution in [3.8, 4) is 0 Å². The fourth-order valence-corrected chi connectivity index (χ4v) is 3.14. The largest absolute Gasteiger partial charge is 0.296 e. The van der Waals surface area contributed by atoms with Gasteiger partial charge in [-0.05, 0) is 34.1 Å². The van der Waals surface area contributed by atoms with Crippen LogP contribution in [0.5, 0.6) is 0 Å². The molecule has 1 aromatic carbocycles. The van der Waals surface area contributed by atoms with Crippen LogP contribution in [0, 0.1) is 0 Å². The van der Waals surface area contributed by atoms with Crippen molar-refractivity contribution in [2.24, 2.45) is 7.05 Å². The molecule has 96 valence electrons. The summed E-state index contributed by atoms with van der Waals surface area (Å²) in [7, 11) is 1.77. The number of halogens is 1. The van der Waals surface area contributed by atoms with Gasteiger partial charge in [-0.1, -0.05) is 17.4 Å². The molecule has 7 heteroatoms. The zero-order valence-electron chi connectivity index (χ0n) is 9.92. The van der Waals surface area contributed by atoms with E-state index in [0.717, 1.165) is 14.7 Å². The molecule has 0 saturated heterocycles. The third-order valence-corrected chi connectivity index (χ3v) is 4.11. The van der Waals surface area contributed by atoms with Crippen LogP contribution >= 0.6 is 27.3 Å². The highest BCUT2D eigenvalue weighted by Crippen LogP contribution is 2.30. The number of nitrogens with one attached hydrogen (secondary N) is 1. The van der Waals surface area contributed by atoms with E-state index < -0.39 is 0 Å². The molecule has 5 nitrogen and oxygen atoms in total. The number of para-hydroxylation sites is 1. The minimum absolute atomic E-state index is 0.254. The molecule has 2 aromatic heterocycles. The maximum absolute atomic E-state index is 12.0. The average Bonchev–Trinajstić information content (AvgIpc) is 2.96. The molecule has 0 atom stereocenters. The summed E-state index contributed by atoms with van der Waals surface area (Å²) in [5.41, 5.74) is 1.23. The third-order valence-electron chi connectivity index (χ3n) is 2.54. The van der Waals surface area contributed by atoms with E-state index in [1.807, 2.05) is 18.2 Å². The number of nitrogens with zero attached hydrogens (tertiary/aromatic N) is 3. The molecule has 0 radical (unpaired) electrons. The topological polar surface area (TPSA) is 59.8 Å². The Bertz CT molecular complexity index is 764. The number of anilines is 1. The van der Waals surface area contributed by atoms with Crippen LogP contribution in [0.25, 0.3) is 10.2 Å². The number of rotatable bonds is 2. The van der Waals surface area contributed by atoms with Crippen molar-refractivity contribution in [3.05, 3.63) is 40.6 Å². The van der Waals surface area contributed by atoms with Crippen molar-refractivity contribution in [2.45, 2.75) is 0 Å². The first-order chi connectivity index (χ1) is 9.13. The van der Waals surface area contributed by atoms with Gasteiger partial charge in [0.25, 0.3) is 5.91 Å². The van der Waals surface area contributed by atoms with Crippen molar-refractivity contribution in [3.63, 3.8) is 0 Å². The normalized spacial score (nSPS) is 10.8. The van der Waals surface area contributed by atoms with E-state index in [9.17, 15) is 4.79 Å². The molecule has 3 aromatic rings. The van der Waals surface area contributed by atoms with Crippen molar-refractivity contribution >= 4 is 48.5 Å². The number of carbonyl (C=O) groups excluding carboxylic acids is 1. The number of benzene rings is 1. The van der Waals surface area contributed by atoms with E-state index in [4.69, 9.17) is 0 Å². The monoisotopic (exact) mass is 336 g/mol. The zero-order chi connectivity index (χ0) is 13.4. The van der Waals surface area contributed by atoms with Gasteiger partial charge in [-0.15, -0.1) is 0 Å². The molecule has 2 heterocycles. The first-order valence-electron chi connectivity index (χ1n) is 5.49. The predicted octanol–water partition coefficient (Wildman–Crippen LogP) is 3.04. The fraction of sp³-hybridized carbons (Fsp3) is 0.0833. The number of hydrogen-bond acceptors (Lipinski definition) is 4. The summed E-state index contributed by atoms with van der Waals surface area (Å²) in [5.74, 6) is -0.254. The Morgan fingerprint density at radius 2 is 2.26 bits per heavy atom. The number of fused-ring (bicyclic) bond motifs is 1. The van der Waals surface area contributed by atoms with Gasteiger partial charge in [0.1, 0.15) is 0 Å². The van der Waals surface area contributed by atoms with Gasteiger partial charge in [-0.2, -0.15) is 5.10 Å². The lowest BCUT2D eigenvalue weighted by Crippen LogP contribution is -2.12. The quantitative estimate of drug-likeness (QED) is 0.782. The second-order valence-corrected chi connectivity index (χ2v) is 5.82. The van der Waals surface area contributed by atoms with Crippen LogP contribution < -0.4 is 5.32 Å². The lowest BCUT2D eigenvalue weighted by Gasteiger charge is -1.96. The maximum Gasteiger partial charge on any atom is 0.277 e. The predicted molar refractivity (Wildman–Crippen MR) is 78.5 cm³/mol. The van der Waals surface area contributed by atoms with E-state index in [1.54, 1.807) is 24.0 Å². The van der Waals surface area contributed by atoms with Crippen LogP contribution in [0.1, 0.15) is 10.5 Å². The van der Waals surface area contributed by atoms with Crippen molar-refractivity contribution in [1.29, 1.82) is 0 Å². The zero-order valence-corrected chi connectivity index (χ0v) is 12.3. The minimum atomic E-state index is -0.254. The van der Waals surface area contributed by atoms with Crippen LogP contribution in [-0.4, -0.2) is 20.7 Å². The van der Waals surface area contributed by atoms with Crippen molar-refractivity contribution in [1.82, 2.24) is 14.8 Å². The molecule has 0 aliphatic heterocycles. The minimum Gasteiger partial charge on any atom is -0.296 e. The lowest BCUT2D eigenvalue weighted by molar-refractivity contribution is 0.102. The highest BCUT2D eigenvalue weighted by molar-refractivity contribution is 9.10. The molecule has 0 spiro atoms. The highest BCUT2D eigenvalue weighted by atomic mass is 79.9. The van der Waals surface area contributed by atoms with E-state index >= 15 is 0 Å². The fourth-order valence-electron chi connectivity index (χ4n) is 1.67. The van der Waals surface area contributed by atoms with Gasteiger partial charge in [-0.3, -0.25) is 14.8 Å². The van der Waals surface area contributed by atoms with Crippen LogP contribution in [0.15, 0.2) is 34.9 Å². The Balaban J connectivity index is 1.89. The summed E-state index contributed by atoms with van der Waals surface area (Å²) in [6, 6.07) is 7.49. The maximum atomic E-state index is 12.0. The van der Waals surface area contributed by atoms with Gasteiger partial charge in [0.15, 0.2) is 10.8 Å². The summed E-state index contributed by atoms with van der Waals surface area (Å²) < 4.78 is 3.52. The summed E-state index contributed by atoms with van der Waals surface area (Å²) in [4.78, 5) is 16.3. The Hall–Kier alpha value is -1.73. The number of aromatic nitrogens is 3.